The summed E-state index contributed by atoms with van der Waals surface area (Å²) in [5, 5.41) is 21.5. The number of amides is 1. The second-order valence-corrected chi connectivity index (χ2v) is 10.3. The van der Waals surface area contributed by atoms with Crippen molar-refractivity contribution < 1.29 is 9.53 Å². The number of aromatic nitrogens is 4. The van der Waals surface area contributed by atoms with E-state index >= 15 is 0 Å². The molecular formula is C32H40ClN9O2. The average Bonchev–Trinajstić information content (AvgIpc) is 3.39. The second kappa shape index (κ2) is 15.7. The highest BCUT2D eigenvalue weighted by molar-refractivity contribution is 6.32. The molecule has 0 atom stereocenters. The summed E-state index contributed by atoms with van der Waals surface area (Å²) in [5.74, 6) is 0.811. The van der Waals surface area contributed by atoms with Crippen LogP contribution in [0.3, 0.4) is 0 Å². The van der Waals surface area contributed by atoms with Gasteiger partial charge in [0, 0.05) is 31.6 Å². The molecule has 4 rings (SSSR count). The number of carbonyl (C=O) groups excluding carboxylic acids is 1. The van der Waals surface area contributed by atoms with Crippen molar-refractivity contribution in [1.82, 2.24) is 24.6 Å². The van der Waals surface area contributed by atoms with Gasteiger partial charge in [0.2, 0.25) is 11.9 Å². The fourth-order valence-electron chi connectivity index (χ4n) is 4.43. The molecule has 4 aromatic rings. The molecule has 2 N–H and O–H groups in total. The molecule has 11 nitrogen and oxygen atoms in total. The normalized spacial score (nSPS) is 10.5. The highest BCUT2D eigenvalue weighted by Gasteiger charge is 2.19. The lowest BCUT2D eigenvalue weighted by atomic mass is 10.1. The first kappa shape index (κ1) is 33.8. The molecule has 0 saturated carbocycles. The van der Waals surface area contributed by atoms with Crippen molar-refractivity contribution in [2.45, 2.75) is 33.6 Å². The topological polar surface area (TPSA) is 124 Å². The van der Waals surface area contributed by atoms with E-state index in [9.17, 15) is 10.1 Å². The maximum Gasteiger partial charge on any atom is 0.247 e. The van der Waals surface area contributed by atoms with E-state index in [1.165, 1.54) is 12.3 Å². The lowest BCUT2D eigenvalue weighted by Crippen LogP contribution is -2.29. The summed E-state index contributed by atoms with van der Waals surface area (Å²) in [6.07, 6.45) is 4.34. The molecule has 0 spiro atoms. The second-order valence-electron chi connectivity index (χ2n) is 9.93. The Balaban J connectivity index is 0.00000259. The van der Waals surface area contributed by atoms with Gasteiger partial charge in [0.25, 0.3) is 0 Å². The first-order chi connectivity index (χ1) is 21.2. The Labute approximate surface area is 264 Å². The molecule has 44 heavy (non-hydrogen) atoms. The molecular weight excluding hydrogens is 578 g/mol. The van der Waals surface area contributed by atoms with Gasteiger partial charge < -0.3 is 25.2 Å². The minimum Gasteiger partial charge on any atom is -0.494 e. The van der Waals surface area contributed by atoms with Gasteiger partial charge in [-0.05, 0) is 50.9 Å². The van der Waals surface area contributed by atoms with Crippen LogP contribution in [0.15, 0.2) is 49.2 Å². The molecule has 0 fully saturated rings. The van der Waals surface area contributed by atoms with Crippen LogP contribution in [0.2, 0.25) is 5.02 Å². The minimum absolute atomic E-state index is 0.247. The average molecular weight is 618 g/mol. The molecule has 2 heterocycles. The van der Waals surface area contributed by atoms with Gasteiger partial charge in [-0.15, -0.1) is 0 Å². The Morgan fingerprint density at radius 1 is 1.18 bits per heavy atom. The molecule has 2 aromatic carbocycles. The van der Waals surface area contributed by atoms with Gasteiger partial charge >= 0.3 is 0 Å². The molecule has 0 aliphatic rings. The summed E-state index contributed by atoms with van der Waals surface area (Å²) in [6, 6.07) is 11.2. The van der Waals surface area contributed by atoms with Gasteiger partial charge in [-0.3, -0.25) is 4.79 Å². The lowest BCUT2D eigenvalue weighted by molar-refractivity contribution is -0.111. The fourth-order valence-corrected chi connectivity index (χ4v) is 4.60. The third kappa shape index (κ3) is 7.83. The first-order valence-corrected chi connectivity index (χ1v) is 14.8. The number of hydrogen-bond donors (Lipinski definition) is 2. The highest BCUT2D eigenvalue weighted by atomic mass is 35.5. The van der Waals surface area contributed by atoms with E-state index in [0.717, 1.165) is 48.2 Å². The molecule has 12 heteroatoms. The van der Waals surface area contributed by atoms with E-state index in [1.807, 2.05) is 58.1 Å². The lowest BCUT2D eigenvalue weighted by Gasteiger charge is -2.26. The SMILES string of the molecule is C=CC(=O)Nc1cc(Nc2ncc(Cl)c(-n3nc(CCC)c4cc(C#N)ccc43)n2)c(OC)cc1N(C)CCN(C)C.CC. The van der Waals surface area contributed by atoms with Crippen molar-refractivity contribution in [3.05, 3.63) is 65.5 Å². The Kier molecular flexibility index (Phi) is 12.1. The van der Waals surface area contributed by atoms with Crippen LogP contribution < -0.4 is 20.3 Å². The zero-order valence-electron chi connectivity index (χ0n) is 26.4. The summed E-state index contributed by atoms with van der Waals surface area (Å²) in [4.78, 5) is 25.5. The Bertz CT molecular complexity index is 1660. The number of methoxy groups -OCH3 is 1. The molecule has 0 radical (unpaired) electrons. The fraction of sp³-hybridized carbons (Fsp3) is 0.344. The number of anilines is 4. The van der Waals surface area contributed by atoms with E-state index < -0.39 is 0 Å². The summed E-state index contributed by atoms with van der Waals surface area (Å²) >= 11 is 6.59. The van der Waals surface area contributed by atoms with Gasteiger partial charge in [-0.1, -0.05) is 45.4 Å². The number of halogens is 1. The van der Waals surface area contributed by atoms with E-state index in [-0.39, 0.29) is 11.9 Å². The van der Waals surface area contributed by atoms with Crippen molar-refractivity contribution in [3.8, 4) is 17.6 Å². The van der Waals surface area contributed by atoms with Crippen molar-refractivity contribution in [2.75, 3.05) is 56.9 Å². The molecule has 1 amide bonds. The summed E-state index contributed by atoms with van der Waals surface area (Å²) in [7, 11) is 7.52. The number of likely N-dealkylation sites (N-methyl/N-ethyl adjacent to an activating group) is 2. The smallest absolute Gasteiger partial charge is 0.247 e. The van der Waals surface area contributed by atoms with E-state index in [1.54, 1.807) is 23.9 Å². The van der Waals surface area contributed by atoms with Crippen molar-refractivity contribution in [1.29, 1.82) is 5.26 Å². The molecule has 0 bridgehead atoms. The summed E-state index contributed by atoms with van der Waals surface area (Å²) in [6.45, 7) is 11.2. The number of nitrogens with one attached hydrogen (secondary N) is 2. The third-order valence-electron chi connectivity index (χ3n) is 6.60. The summed E-state index contributed by atoms with van der Waals surface area (Å²) in [5.41, 5.74) is 4.06. The number of nitrogens with zero attached hydrogens (tertiary/aromatic N) is 7. The molecule has 232 valence electrons. The van der Waals surface area contributed by atoms with E-state index in [4.69, 9.17) is 26.4 Å². The highest BCUT2D eigenvalue weighted by Crippen LogP contribution is 2.38. The van der Waals surface area contributed by atoms with Crippen LogP contribution in [0, 0.1) is 11.3 Å². The van der Waals surface area contributed by atoms with Crippen molar-refractivity contribution in [3.63, 3.8) is 0 Å². The standard InChI is InChI=1S/C30H34ClN9O2.C2H6/c1-7-9-22-20-14-19(17-32)10-11-25(20)40(37-22)29-21(31)18-33-30(36-29)35-24-15-23(34-28(41)8-2)26(16-27(24)42-6)39(5)13-12-38(3)4;1-2/h8,10-11,14-16,18H,2,7,9,12-13H2,1,3-6H3,(H,34,41)(H,33,35,36);1-2H3. The van der Waals surface area contributed by atoms with Crippen LogP contribution >= 0.6 is 11.6 Å². The zero-order chi connectivity index (χ0) is 32.4. The number of aryl methyl sites for hydroxylation is 1. The van der Waals surface area contributed by atoms with E-state index in [2.05, 4.69) is 40.1 Å². The minimum atomic E-state index is -0.341. The zero-order valence-corrected chi connectivity index (χ0v) is 27.2. The number of carbonyl (C=O) groups is 1. The Morgan fingerprint density at radius 2 is 1.93 bits per heavy atom. The van der Waals surface area contributed by atoms with Crippen LogP contribution in [0.4, 0.5) is 23.0 Å². The van der Waals surface area contributed by atoms with Crippen LogP contribution in [-0.2, 0) is 11.2 Å². The number of rotatable bonds is 12. The van der Waals surface area contributed by atoms with Crippen molar-refractivity contribution >= 4 is 51.4 Å². The van der Waals surface area contributed by atoms with E-state index in [0.29, 0.717) is 33.5 Å². The number of fused-ring (bicyclic) bond motifs is 1. The number of benzene rings is 2. The monoisotopic (exact) mass is 617 g/mol. The predicted octanol–water partition coefficient (Wildman–Crippen LogP) is 6.19. The quantitative estimate of drug-likeness (QED) is 0.179. The van der Waals surface area contributed by atoms with Crippen LogP contribution in [-0.4, -0.2) is 71.9 Å². The van der Waals surface area contributed by atoms with Gasteiger partial charge in [0.15, 0.2) is 5.82 Å². The maximum absolute atomic E-state index is 12.3. The number of hydrogen-bond acceptors (Lipinski definition) is 9. The summed E-state index contributed by atoms with van der Waals surface area (Å²) < 4.78 is 7.38. The number of nitriles is 1. The predicted molar refractivity (Wildman–Crippen MR) is 179 cm³/mol. The Morgan fingerprint density at radius 3 is 2.57 bits per heavy atom. The van der Waals surface area contributed by atoms with Gasteiger partial charge in [-0.2, -0.15) is 15.3 Å². The molecule has 0 unspecified atom stereocenters. The van der Waals surface area contributed by atoms with Crippen LogP contribution in [0.1, 0.15) is 38.4 Å². The van der Waals surface area contributed by atoms with Gasteiger partial charge in [-0.25, -0.2) is 9.67 Å². The third-order valence-corrected chi connectivity index (χ3v) is 6.87. The number of ether oxygens (including phenoxy) is 1. The molecule has 0 aliphatic carbocycles. The van der Waals surface area contributed by atoms with Crippen molar-refractivity contribution in [2.24, 2.45) is 0 Å². The maximum atomic E-state index is 12.3. The first-order valence-electron chi connectivity index (χ1n) is 14.4. The van der Waals surface area contributed by atoms with Crippen LogP contribution in [0.5, 0.6) is 5.75 Å². The van der Waals surface area contributed by atoms with Crippen LogP contribution in [0.25, 0.3) is 16.7 Å². The molecule has 0 aliphatic heterocycles. The molecule has 0 saturated heterocycles. The largest absolute Gasteiger partial charge is 0.494 e. The van der Waals surface area contributed by atoms with Gasteiger partial charge in [0.05, 0.1) is 53.2 Å². The Hall–Kier alpha value is -4.66. The van der Waals surface area contributed by atoms with Gasteiger partial charge in [0.1, 0.15) is 10.8 Å². The molecule has 2 aromatic heterocycles.